The van der Waals surface area contributed by atoms with Crippen LogP contribution >= 0.6 is 0 Å². The monoisotopic (exact) mass is 350 g/mol. The van der Waals surface area contributed by atoms with E-state index in [-0.39, 0.29) is 23.4 Å². The molecule has 1 aromatic carbocycles. The first kappa shape index (κ1) is 18.7. The minimum Gasteiger partial charge on any atom is -0.369 e. The zero-order valence-electron chi connectivity index (χ0n) is 14.0. The lowest BCUT2D eigenvalue weighted by Gasteiger charge is -2.30. The van der Waals surface area contributed by atoms with Gasteiger partial charge in [0, 0.05) is 32.1 Å². The average molecular weight is 350 g/mol. The summed E-state index contributed by atoms with van der Waals surface area (Å²) in [5, 5.41) is 5.38. The number of carbonyl (C=O) groups is 3. The van der Waals surface area contributed by atoms with Crippen molar-refractivity contribution in [1.82, 2.24) is 15.5 Å². The molecule has 2 rings (SSSR count). The van der Waals surface area contributed by atoms with Crippen LogP contribution < -0.4 is 16.4 Å². The lowest BCUT2D eigenvalue weighted by Crippen LogP contribution is -2.46. The van der Waals surface area contributed by atoms with Gasteiger partial charge in [0.15, 0.2) is 0 Å². The third-order valence-corrected chi connectivity index (χ3v) is 4.22. The van der Waals surface area contributed by atoms with Gasteiger partial charge in [0.2, 0.25) is 5.91 Å². The lowest BCUT2D eigenvalue weighted by atomic mass is 9.96. The third-order valence-electron chi connectivity index (χ3n) is 4.22. The van der Waals surface area contributed by atoms with E-state index in [1.165, 1.54) is 18.2 Å². The number of hydrogen-bond acceptors (Lipinski definition) is 3. The second-order valence-corrected chi connectivity index (χ2v) is 5.98. The fourth-order valence-corrected chi connectivity index (χ4v) is 2.71. The van der Waals surface area contributed by atoms with Crippen LogP contribution in [-0.2, 0) is 4.79 Å². The van der Waals surface area contributed by atoms with Crippen molar-refractivity contribution in [3.8, 4) is 0 Å². The third kappa shape index (κ3) is 5.44. The fourth-order valence-electron chi connectivity index (χ4n) is 2.71. The van der Waals surface area contributed by atoms with Gasteiger partial charge in [-0.25, -0.2) is 9.18 Å². The highest BCUT2D eigenvalue weighted by atomic mass is 19.1. The molecule has 0 saturated carbocycles. The van der Waals surface area contributed by atoms with Gasteiger partial charge in [-0.05, 0) is 31.4 Å². The number of piperidine rings is 1. The second-order valence-electron chi connectivity index (χ2n) is 5.98. The molecule has 1 heterocycles. The Kier molecular flexibility index (Phi) is 6.73. The Labute approximate surface area is 145 Å². The number of likely N-dealkylation sites (tertiary alicyclic amines) is 1. The Hall–Kier alpha value is -2.64. The van der Waals surface area contributed by atoms with E-state index >= 15 is 0 Å². The molecule has 0 bridgehead atoms. The Morgan fingerprint density at radius 2 is 1.76 bits per heavy atom. The summed E-state index contributed by atoms with van der Waals surface area (Å²) in [5.74, 6) is -1.51. The number of halogens is 1. The quantitative estimate of drug-likeness (QED) is 0.663. The summed E-state index contributed by atoms with van der Waals surface area (Å²) in [4.78, 5) is 36.6. The van der Waals surface area contributed by atoms with Gasteiger partial charge in [-0.2, -0.15) is 0 Å². The zero-order valence-corrected chi connectivity index (χ0v) is 14.0. The maximum absolute atomic E-state index is 13.5. The fraction of sp³-hybridized carbons (Fsp3) is 0.471. The summed E-state index contributed by atoms with van der Waals surface area (Å²) in [5.41, 5.74) is 5.27. The van der Waals surface area contributed by atoms with Gasteiger partial charge in [0.05, 0.1) is 5.56 Å². The first-order valence-electron chi connectivity index (χ1n) is 8.34. The average Bonchev–Trinajstić information content (AvgIpc) is 2.61. The summed E-state index contributed by atoms with van der Waals surface area (Å²) in [6, 6.07) is 5.58. The first-order valence-corrected chi connectivity index (χ1v) is 8.34. The molecule has 0 aliphatic carbocycles. The van der Waals surface area contributed by atoms with E-state index in [1.54, 1.807) is 11.0 Å². The second kappa shape index (κ2) is 9.00. The molecule has 0 radical (unpaired) electrons. The number of carbonyl (C=O) groups excluding carboxylic acids is 3. The van der Waals surface area contributed by atoms with E-state index in [9.17, 15) is 18.8 Å². The number of primary amides is 1. The summed E-state index contributed by atoms with van der Waals surface area (Å²) in [6.07, 6.45) is 1.70. The van der Waals surface area contributed by atoms with Crippen molar-refractivity contribution in [3.05, 3.63) is 35.6 Å². The van der Waals surface area contributed by atoms with Gasteiger partial charge in [-0.15, -0.1) is 0 Å². The predicted molar refractivity (Wildman–Crippen MR) is 90.2 cm³/mol. The van der Waals surface area contributed by atoms with Crippen LogP contribution in [0.3, 0.4) is 0 Å². The van der Waals surface area contributed by atoms with Crippen LogP contribution in [0, 0.1) is 11.7 Å². The molecule has 1 aromatic rings. The van der Waals surface area contributed by atoms with Gasteiger partial charge in [-0.3, -0.25) is 9.59 Å². The number of urea groups is 1. The zero-order chi connectivity index (χ0) is 18.2. The van der Waals surface area contributed by atoms with Crippen LogP contribution in [0.25, 0.3) is 0 Å². The van der Waals surface area contributed by atoms with Crippen LogP contribution in [0.2, 0.25) is 0 Å². The van der Waals surface area contributed by atoms with Crippen molar-refractivity contribution >= 4 is 17.8 Å². The summed E-state index contributed by atoms with van der Waals surface area (Å²) in [7, 11) is 0. The van der Waals surface area contributed by atoms with E-state index in [2.05, 4.69) is 10.6 Å². The number of hydrogen-bond donors (Lipinski definition) is 3. The van der Waals surface area contributed by atoms with Gasteiger partial charge in [0.25, 0.3) is 5.91 Å². The number of benzene rings is 1. The van der Waals surface area contributed by atoms with Crippen molar-refractivity contribution in [1.29, 1.82) is 0 Å². The number of rotatable bonds is 6. The van der Waals surface area contributed by atoms with E-state index in [0.29, 0.717) is 45.4 Å². The molecular weight excluding hydrogens is 327 g/mol. The topological polar surface area (TPSA) is 105 Å². The Morgan fingerprint density at radius 3 is 2.40 bits per heavy atom. The molecule has 136 valence electrons. The highest BCUT2D eigenvalue weighted by Gasteiger charge is 2.25. The van der Waals surface area contributed by atoms with Crippen molar-refractivity contribution in [2.45, 2.75) is 19.3 Å². The highest BCUT2D eigenvalue weighted by molar-refractivity contribution is 5.94. The van der Waals surface area contributed by atoms with Crippen LogP contribution in [-0.4, -0.2) is 48.9 Å². The molecule has 4 N–H and O–H groups in total. The Morgan fingerprint density at radius 1 is 1.12 bits per heavy atom. The van der Waals surface area contributed by atoms with Crippen LogP contribution in [0.5, 0.6) is 0 Å². The number of nitrogens with two attached hydrogens (primary N) is 1. The molecule has 0 unspecified atom stereocenters. The molecule has 1 aliphatic heterocycles. The normalized spacial score (nSPS) is 14.8. The van der Waals surface area contributed by atoms with Crippen LogP contribution in [0.15, 0.2) is 24.3 Å². The molecule has 4 amide bonds. The molecule has 0 aromatic heterocycles. The standard InChI is InChI=1S/C17H23FN4O3/c18-14-5-2-1-4-13(14)16(24)20-8-3-9-21-17(25)22-10-6-12(7-11-22)15(19)23/h1-2,4-5,12H,3,6-11H2,(H2,19,23)(H,20,24)(H,21,25). The summed E-state index contributed by atoms with van der Waals surface area (Å²) < 4.78 is 13.5. The minimum absolute atomic E-state index is 0.00357. The molecule has 25 heavy (non-hydrogen) atoms. The van der Waals surface area contributed by atoms with Gasteiger partial charge in [0.1, 0.15) is 5.82 Å². The van der Waals surface area contributed by atoms with E-state index in [0.717, 1.165) is 0 Å². The molecule has 0 atom stereocenters. The summed E-state index contributed by atoms with van der Waals surface area (Å²) in [6.45, 7) is 1.73. The Bertz CT molecular complexity index is 630. The molecule has 1 fully saturated rings. The van der Waals surface area contributed by atoms with Crippen LogP contribution in [0.1, 0.15) is 29.6 Å². The highest BCUT2D eigenvalue weighted by Crippen LogP contribution is 2.16. The molecule has 8 heteroatoms. The molecule has 1 saturated heterocycles. The lowest BCUT2D eigenvalue weighted by molar-refractivity contribution is -0.123. The number of amides is 4. The van der Waals surface area contributed by atoms with E-state index in [4.69, 9.17) is 5.73 Å². The maximum Gasteiger partial charge on any atom is 0.317 e. The van der Waals surface area contributed by atoms with Crippen molar-refractivity contribution < 1.29 is 18.8 Å². The SMILES string of the molecule is NC(=O)C1CCN(C(=O)NCCCNC(=O)c2ccccc2F)CC1. The van der Waals surface area contributed by atoms with E-state index in [1.807, 2.05) is 0 Å². The van der Waals surface area contributed by atoms with Crippen molar-refractivity contribution in [2.24, 2.45) is 11.7 Å². The predicted octanol–water partition coefficient (Wildman–Crippen LogP) is 0.852. The van der Waals surface area contributed by atoms with Gasteiger partial charge < -0.3 is 21.3 Å². The number of nitrogens with one attached hydrogen (secondary N) is 2. The first-order chi connectivity index (χ1) is 12.0. The molecular formula is C17H23FN4O3. The maximum atomic E-state index is 13.5. The molecule has 7 nitrogen and oxygen atoms in total. The van der Waals surface area contributed by atoms with Crippen molar-refractivity contribution in [2.75, 3.05) is 26.2 Å². The molecule has 0 spiro atoms. The Balaban J connectivity index is 1.62. The van der Waals surface area contributed by atoms with Gasteiger partial charge in [-0.1, -0.05) is 12.1 Å². The minimum atomic E-state index is -0.562. The van der Waals surface area contributed by atoms with Crippen LogP contribution in [0.4, 0.5) is 9.18 Å². The summed E-state index contributed by atoms with van der Waals surface area (Å²) >= 11 is 0. The van der Waals surface area contributed by atoms with Gasteiger partial charge >= 0.3 is 6.03 Å². The van der Waals surface area contributed by atoms with Crippen molar-refractivity contribution in [3.63, 3.8) is 0 Å². The van der Waals surface area contributed by atoms with E-state index < -0.39 is 11.7 Å². The largest absolute Gasteiger partial charge is 0.369 e. The number of nitrogens with zero attached hydrogens (tertiary/aromatic N) is 1. The smallest absolute Gasteiger partial charge is 0.317 e. The molecule has 1 aliphatic rings.